The number of azide groups is 1. The predicted molar refractivity (Wildman–Crippen MR) is 156 cm³/mol. The molecule has 4 amide bonds. The second-order valence-electron chi connectivity index (χ2n) is 11.9. The fourth-order valence-electron chi connectivity index (χ4n) is 6.41. The van der Waals surface area contributed by atoms with Gasteiger partial charge in [0.15, 0.2) is 0 Å². The van der Waals surface area contributed by atoms with Crippen LogP contribution in [0.5, 0.6) is 0 Å². The van der Waals surface area contributed by atoms with Gasteiger partial charge in [-0.1, -0.05) is 29.3 Å². The van der Waals surface area contributed by atoms with Crippen LogP contribution in [0, 0.1) is 22.2 Å². The number of carbonyl (C=O) groups excluding carboxylic acids is 4. The Labute approximate surface area is 253 Å². The summed E-state index contributed by atoms with van der Waals surface area (Å²) >= 11 is 0. The highest BCUT2D eigenvalue weighted by atomic mass is 16.7. The predicted octanol–water partition coefficient (Wildman–Crippen LogP) is 0.144. The highest BCUT2D eigenvalue weighted by Crippen LogP contribution is 2.65. The lowest BCUT2D eigenvalue weighted by molar-refractivity contribution is -0.199. The molecule has 1 heterocycles. The van der Waals surface area contributed by atoms with Gasteiger partial charge in [-0.15, -0.1) is 4.91 Å². The molecule has 20 heteroatoms. The Kier molecular flexibility index (Phi) is 11.7. The SMILES string of the molecule is CC1(C)[C@@H]2CC3OB([C@H](CCCN=C(N)N=NN)NC(=O)CNC(=O)[C@H](CCC(=O)N=O)NC(=O)CN=[N+]=[N-])O[C@@]3(C)[C@H]1C2. The number of nitrogens with one attached hydrogen (secondary N) is 3. The van der Waals surface area contributed by atoms with E-state index in [0.717, 1.165) is 12.8 Å². The molecule has 0 aromatic rings. The number of carbonyl (C=O) groups is 4. The molecule has 19 nitrogen and oxygen atoms in total. The minimum atomic E-state index is -1.29. The summed E-state index contributed by atoms with van der Waals surface area (Å²) < 4.78 is 12.9. The first-order chi connectivity index (χ1) is 20.8. The van der Waals surface area contributed by atoms with Crippen molar-refractivity contribution in [3.8, 4) is 0 Å². The summed E-state index contributed by atoms with van der Waals surface area (Å²) in [6.07, 6.45) is 1.95. The molecule has 0 spiro atoms. The number of nitrogens with two attached hydrogens (primary N) is 2. The van der Waals surface area contributed by atoms with Crippen LogP contribution < -0.4 is 27.5 Å². The van der Waals surface area contributed by atoms with Crippen LogP contribution in [0.25, 0.3) is 10.4 Å². The number of aliphatic imine (C=N–C) groups is 1. The maximum atomic E-state index is 13.0. The average Bonchev–Trinajstić information content (AvgIpc) is 3.35. The molecule has 3 aliphatic carbocycles. The van der Waals surface area contributed by atoms with Crippen molar-refractivity contribution in [2.24, 2.45) is 54.4 Å². The smallest absolute Gasteiger partial charge is 0.404 e. The first-order valence-corrected chi connectivity index (χ1v) is 14.3. The van der Waals surface area contributed by atoms with Crippen molar-refractivity contribution < 1.29 is 28.5 Å². The van der Waals surface area contributed by atoms with Crippen LogP contribution in [0.15, 0.2) is 25.6 Å². The fourth-order valence-corrected chi connectivity index (χ4v) is 6.41. The van der Waals surface area contributed by atoms with Gasteiger partial charge in [-0.2, -0.15) is 0 Å². The third-order valence-corrected chi connectivity index (χ3v) is 8.85. The van der Waals surface area contributed by atoms with Crippen molar-refractivity contribution in [1.29, 1.82) is 0 Å². The van der Waals surface area contributed by atoms with Gasteiger partial charge in [0.2, 0.25) is 23.7 Å². The van der Waals surface area contributed by atoms with Gasteiger partial charge in [0.1, 0.15) is 12.6 Å². The van der Waals surface area contributed by atoms with Crippen LogP contribution in [0.2, 0.25) is 0 Å². The zero-order chi connectivity index (χ0) is 32.5. The lowest BCUT2D eigenvalue weighted by atomic mass is 9.43. The summed E-state index contributed by atoms with van der Waals surface area (Å²) in [6.45, 7) is 5.74. The number of hydrogen-bond donors (Lipinski definition) is 5. The molecule has 7 N–H and O–H groups in total. The molecule has 0 aromatic heterocycles. The maximum absolute atomic E-state index is 13.0. The maximum Gasteiger partial charge on any atom is 0.481 e. The molecular weight excluding hydrogens is 579 g/mol. The minimum Gasteiger partial charge on any atom is -0.404 e. The normalized spacial score (nSPS) is 26.4. The van der Waals surface area contributed by atoms with Crippen LogP contribution in [-0.2, 0) is 28.5 Å². The summed E-state index contributed by atoms with van der Waals surface area (Å²) in [7, 11) is -0.751. The van der Waals surface area contributed by atoms with Gasteiger partial charge in [-0.05, 0) is 61.8 Å². The number of nitrogens with zero attached hydrogens (tertiary/aromatic N) is 7. The lowest BCUT2D eigenvalue weighted by Crippen LogP contribution is -2.65. The highest BCUT2D eigenvalue weighted by molar-refractivity contribution is 6.47. The van der Waals surface area contributed by atoms with E-state index in [0.29, 0.717) is 24.7 Å². The van der Waals surface area contributed by atoms with E-state index in [1.807, 2.05) is 0 Å². The van der Waals surface area contributed by atoms with Crippen molar-refractivity contribution in [3.63, 3.8) is 0 Å². The van der Waals surface area contributed by atoms with Gasteiger partial charge < -0.3 is 36.8 Å². The van der Waals surface area contributed by atoms with E-state index in [9.17, 15) is 24.1 Å². The average molecular weight is 618 g/mol. The number of rotatable bonds is 15. The molecule has 3 saturated carbocycles. The largest absolute Gasteiger partial charge is 0.481 e. The molecule has 0 radical (unpaired) electrons. The van der Waals surface area contributed by atoms with Crippen molar-refractivity contribution in [1.82, 2.24) is 16.0 Å². The summed E-state index contributed by atoms with van der Waals surface area (Å²) in [5.74, 6) is 1.96. The van der Waals surface area contributed by atoms with E-state index in [1.165, 1.54) is 0 Å². The van der Waals surface area contributed by atoms with Crippen molar-refractivity contribution in [3.05, 3.63) is 15.3 Å². The molecule has 240 valence electrons. The van der Waals surface area contributed by atoms with Gasteiger partial charge in [0, 0.05) is 23.1 Å². The van der Waals surface area contributed by atoms with Crippen LogP contribution in [-0.4, -0.2) is 80.0 Å². The van der Waals surface area contributed by atoms with E-state index in [2.05, 4.69) is 67.3 Å². The van der Waals surface area contributed by atoms with Gasteiger partial charge in [-0.3, -0.25) is 24.2 Å². The molecule has 44 heavy (non-hydrogen) atoms. The Balaban J connectivity index is 1.64. The Bertz CT molecular complexity index is 1230. The Hall–Kier alpha value is -4.16. The van der Waals surface area contributed by atoms with Gasteiger partial charge >= 0.3 is 7.12 Å². The monoisotopic (exact) mass is 618 g/mol. The molecule has 1 aliphatic heterocycles. The first kappa shape index (κ1) is 34.3. The molecule has 1 unspecified atom stereocenters. The third-order valence-electron chi connectivity index (χ3n) is 8.85. The van der Waals surface area contributed by atoms with Crippen molar-refractivity contribution in [2.75, 3.05) is 19.6 Å². The van der Waals surface area contributed by atoms with Gasteiger partial charge in [0.25, 0.3) is 5.91 Å². The number of nitroso groups, excluding NO2 is 1. The molecule has 1 saturated heterocycles. The highest BCUT2D eigenvalue weighted by Gasteiger charge is 2.68. The summed E-state index contributed by atoms with van der Waals surface area (Å²) in [4.78, 5) is 66.2. The zero-order valence-corrected chi connectivity index (χ0v) is 25.0. The Morgan fingerprint density at radius 3 is 2.55 bits per heavy atom. The minimum absolute atomic E-state index is 0.0867. The second kappa shape index (κ2) is 15.0. The van der Waals surface area contributed by atoms with Crippen LogP contribution >= 0.6 is 0 Å². The van der Waals surface area contributed by atoms with E-state index in [1.54, 1.807) is 0 Å². The van der Waals surface area contributed by atoms with Crippen molar-refractivity contribution in [2.45, 2.75) is 83.0 Å². The summed E-state index contributed by atoms with van der Waals surface area (Å²) in [6, 6.07) is -1.29. The molecule has 4 fully saturated rings. The second-order valence-corrected chi connectivity index (χ2v) is 11.9. The summed E-state index contributed by atoms with van der Waals surface area (Å²) in [5, 5.41) is 19.5. The quantitative estimate of drug-likeness (QED) is 0.0159. The van der Waals surface area contributed by atoms with Crippen LogP contribution in [0.1, 0.15) is 59.3 Å². The fraction of sp³-hybridized carbons (Fsp3) is 0.792. The van der Waals surface area contributed by atoms with Crippen molar-refractivity contribution >= 4 is 36.7 Å². The Morgan fingerprint density at radius 1 is 1.14 bits per heavy atom. The van der Waals surface area contributed by atoms with E-state index < -0.39 is 67.8 Å². The lowest BCUT2D eigenvalue weighted by Gasteiger charge is -2.64. The Morgan fingerprint density at radius 2 is 1.89 bits per heavy atom. The molecule has 2 bridgehead atoms. The topological polar surface area (TPSA) is 290 Å². The standard InChI is InChI=1S/C24H39BN12O7/c1-23(2)13-9-15(23)24(3)16(10-13)43-25(44-24)17(5-4-8-29-22(26)34-37-28)33-19(39)11-30-21(41)14(6-7-18(38)35-42)32-20(40)12-31-36-27/h13-17H,4-12H2,1-3H3,(H,30,41)(H,32,40)(H,33,39)(H4,26,28,29,34)/t13-,14-,15-,16?,17-,24-/m0/s1. The molecular formula is C24H39BN12O7. The van der Waals surface area contributed by atoms with Gasteiger partial charge in [-0.25, -0.2) is 0 Å². The van der Waals surface area contributed by atoms with E-state index in [4.69, 9.17) is 26.4 Å². The van der Waals surface area contributed by atoms with E-state index in [-0.39, 0.29) is 30.4 Å². The van der Waals surface area contributed by atoms with Crippen LogP contribution in [0.3, 0.4) is 0 Å². The number of hydrogen-bond acceptors (Lipinski definition) is 10. The zero-order valence-electron chi connectivity index (χ0n) is 25.0. The number of guanidine groups is 1. The molecule has 4 aliphatic rings. The molecule has 0 aromatic carbocycles. The van der Waals surface area contributed by atoms with E-state index >= 15 is 0 Å². The molecule has 4 rings (SSSR count). The van der Waals surface area contributed by atoms with Gasteiger partial charge in [0.05, 0.1) is 24.2 Å². The third kappa shape index (κ3) is 8.26. The summed E-state index contributed by atoms with van der Waals surface area (Å²) in [5.41, 5.74) is 13.6. The molecule has 6 atom stereocenters. The van der Waals surface area contributed by atoms with Crippen LogP contribution in [0.4, 0.5) is 0 Å². The number of amides is 4. The first-order valence-electron chi connectivity index (χ1n) is 14.3.